The van der Waals surface area contributed by atoms with Gasteiger partial charge in [-0.25, -0.2) is 4.79 Å². The maximum atomic E-state index is 11.9. The Bertz CT molecular complexity index is 672. The SMILES string of the molecule is COCCOCCOCCOCCOCCOCCOCCOCCOCCOCCOCCOCCOCCN(C)C(=O)OC(C)(C)C. The summed E-state index contributed by atoms with van der Waals surface area (Å²) in [6.45, 7) is 18.5. The number of rotatable bonds is 39. The molecule has 0 saturated carbocycles. The van der Waals surface area contributed by atoms with E-state index < -0.39 is 5.60 Å². The summed E-state index contributed by atoms with van der Waals surface area (Å²) in [7, 11) is 3.32. The average molecular weight is 718 g/mol. The highest BCUT2D eigenvalue weighted by atomic mass is 16.6. The molecule has 0 bridgehead atoms. The largest absolute Gasteiger partial charge is 0.444 e. The lowest BCUT2D eigenvalue weighted by Gasteiger charge is -2.24. The van der Waals surface area contributed by atoms with E-state index >= 15 is 0 Å². The van der Waals surface area contributed by atoms with Crippen LogP contribution in [0.2, 0.25) is 0 Å². The molecule has 0 radical (unpaired) electrons. The summed E-state index contributed by atoms with van der Waals surface area (Å²) >= 11 is 0. The Morgan fingerprint density at radius 1 is 0.388 bits per heavy atom. The van der Waals surface area contributed by atoms with Gasteiger partial charge in [0.05, 0.1) is 165 Å². The van der Waals surface area contributed by atoms with Gasteiger partial charge in [0.25, 0.3) is 0 Å². The molecule has 16 nitrogen and oxygen atoms in total. The summed E-state index contributed by atoms with van der Waals surface area (Å²) in [5, 5.41) is 0. The van der Waals surface area contributed by atoms with Crippen LogP contribution in [0.4, 0.5) is 4.79 Å². The molecule has 0 aliphatic heterocycles. The van der Waals surface area contributed by atoms with Crippen molar-refractivity contribution in [3.05, 3.63) is 0 Å². The van der Waals surface area contributed by atoms with Crippen LogP contribution in [-0.2, 0) is 66.3 Å². The zero-order valence-corrected chi connectivity index (χ0v) is 31.0. The van der Waals surface area contributed by atoms with E-state index in [1.54, 1.807) is 14.2 Å². The molecular weight excluding hydrogens is 650 g/mol. The highest BCUT2D eigenvalue weighted by molar-refractivity contribution is 5.67. The van der Waals surface area contributed by atoms with Crippen LogP contribution < -0.4 is 0 Å². The molecule has 294 valence electrons. The summed E-state index contributed by atoms with van der Waals surface area (Å²) in [4.78, 5) is 13.3. The third kappa shape index (κ3) is 41.1. The van der Waals surface area contributed by atoms with Gasteiger partial charge in [-0.05, 0) is 20.8 Å². The summed E-state index contributed by atoms with van der Waals surface area (Å²) in [5.41, 5.74) is -0.511. The molecule has 0 heterocycles. The van der Waals surface area contributed by atoms with Gasteiger partial charge < -0.3 is 71.2 Å². The molecular formula is C33H67NO15. The lowest BCUT2D eigenvalue weighted by atomic mass is 10.2. The minimum Gasteiger partial charge on any atom is -0.444 e. The summed E-state index contributed by atoms with van der Waals surface area (Å²) in [6, 6.07) is 0. The van der Waals surface area contributed by atoms with E-state index in [-0.39, 0.29) is 6.09 Å². The Hall–Kier alpha value is -1.25. The van der Waals surface area contributed by atoms with Gasteiger partial charge in [0.2, 0.25) is 0 Å². The van der Waals surface area contributed by atoms with Gasteiger partial charge in [0, 0.05) is 20.7 Å². The van der Waals surface area contributed by atoms with Crippen LogP contribution in [0.25, 0.3) is 0 Å². The van der Waals surface area contributed by atoms with E-state index in [1.807, 2.05) is 20.8 Å². The smallest absolute Gasteiger partial charge is 0.410 e. The molecule has 0 aromatic heterocycles. The van der Waals surface area contributed by atoms with Crippen molar-refractivity contribution in [1.29, 1.82) is 0 Å². The lowest BCUT2D eigenvalue weighted by molar-refractivity contribution is -0.0289. The van der Waals surface area contributed by atoms with Crippen molar-refractivity contribution >= 4 is 6.09 Å². The fourth-order valence-electron chi connectivity index (χ4n) is 3.30. The minimum atomic E-state index is -0.511. The lowest BCUT2D eigenvalue weighted by Crippen LogP contribution is -2.36. The van der Waals surface area contributed by atoms with E-state index in [9.17, 15) is 4.79 Å². The first-order valence-electron chi connectivity index (χ1n) is 17.2. The van der Waals surface area contributed by atoms with Crippen molar-refractivity contribution in [2.75, 3.05) is 186 Å². The molecule has 0 rings (SSSR count). The van der Waals surface area contributed by atoms with Crippen molar-refractivity contribution in [3.63, 3.8) is 0 Å². The van der Waals surface area contributed by atoms with Crippen LogP contribution in [0.3, 0.4) is 0 Å². The van der Waals surface area contributed by atoms with Crippen LogP contribution >= 0.6 is 0 Å². The van der Waals surface area contributed by atoms with Gasteiger partial charge in [-0.15, -0.1) is 0 Å². The number of carbonyl (C=O) groups is 1. The second-order valence-electron chi connectivity index (χ2n) is 11.2. The molecule has 0 aliphatic rings. The maximum Gasteiger partial charge on any atom is 0.410 e. The molecule has 0 spiro atoms. The Morgan fingerprint density at radius 2 is 0.592 bits per heavy atom. The first-order valence-corrected chi connectivity index (χ1v) is 17.2. The summed E-state index contributed by atoms with van der Waals surface area (Å²) in [5.74, 6) is 0. The molecule has 49 heavy (non-hydrogen) atoms. The van der Waals surface area contributed by atoms with Crippen LogP contribution in [0.1, 0.15) is 20.8 Å². The maximum absolute atomic E-state index is 11.9. The Balaban J connectivity index is 3.13. The normalized spacial score (nSPS) is 11.8. The molecule has 0 saturated heterocycles. The van der Waals surface area contributed by atoms with Gasteiger partial charge in [0.15, 0.2) is 0 Å². The minimum absolute atomic E-state index is 0.365. The molecule has 1 amide bonds. The number of likely N-dealkylation sites (N-methyl/N-ethyl adjacent to an activating group) is 1. The van der Waals surface area contributed by atoms with E-state index in [1.165, 1.54) is 4.90 Å². The average Bonchev–Trinajstić information content (AvgIpc) is 3.06. The Morgan fingerprint density at radius 3 is 0.796 bits per heavy atom. The van der Waals surface area contributed by atoms with Crippen LogP contribution in [0.5, 0.6) is 0 Å². The number of methoxy groups -OCH3 is 1. The second kappa shape index (κ2) is 38.0. The standard InChI is InChI=1S/C33H67NO15/c1-33(2,3)49-32(35)34(4)6-7-37-10-11-39-14-15-41-18-19-43-22-23-45-26-27-47-30-31-48-29-28-46-25-24-44-21-20-42-17-16-40-13-12-38-9-8-36-5/h6-31H2,1-5H3. The number of nitrogens with zero attached hydrogens (tertiary/aromatic N) is 1. The third-order valence-electron chi connectivity index (χ3n) is 5.80. The van der Waals surface area contributed by atoms with Crippen molar-refractivity contribution in [1.82, 2.24) is 4.90 Å². The van der Waals surface area contributed by atoms with Crippen molar-refractivity contribution in [3.8, 4) is 0 Å². The monoisotopic (exact) mass is 717 g/mol. The highest BCUT2D eigenvalue weighted by Crippen LogP contribution is 2.08. The third-order valence-corrected chi connectivity index (χ3v) is 5.80. The van der Waals surface area contributed by atoms with Gasteiger partial charge >= 0.3 is 6.09 Å². The van der Waals surface area contributed by atoms with E-state index in [2.05, 4.69) is 0 Å². The van der Waals surface area contributed by atoms with E-state index in [0.29, 0.717) is 172 Å². The Labute approximate surface area is 294 Å². The topological polar surface area (TPSA) is 150 Å². The van der Waals surface area contributed by atoms with Gasteiger partial charge in [-0.2, -0.15) is 0 Å². The number of hydrogen-bond acceptors (Lipinski definition) is 15. The number of ether oxygens (including phenoxy) is 14. The molecule has 0 aromatic rings. The molecule has 0 atom stereocenters. The van der Waals surface area contributed by atoms with Crippen LogP contribution in [0.15, 0.2) is 0 Å². The summed E-state index contributed by atoms with van der Waals surface area (Å²) < 4.78 is 75.6. The zero-order chi connectivity index (χ0) is 35.9. The van der Waals surface area contributed by atoms with Crippen molar-refractivity contribution in [2.45, 2.75) is 26.4 Å². The highest BCUT2D eigenvalue weighted by Gasteiger charge is 2.19. The molecule has 0 fully saturated rings. The van der Waals surface area contributed by atoms with Gasteiger partial charge in [-0.3, -0.25) is 0 Å². The van der Waals surface area contributed by atoms with Crippen molar-refractivity contribution in [2.24, 2.45) is 0 Å². The van der Waals surface area contributed by atoms with Gasteiger partial charge in [-0.1, -0.05) is 0 Å². The predicted octanol–water partition coefficient (Wildman–Crippen LogP) is 1.70. The number of amides is 1. The van der Waals surface area contributed by atoms with E-state index in [0.717, 1.165) is 0 Å². The Kier molecular flexibility index (Phi) is 37.0. The fourth-order valence-corrected chi connectivity index (χ4v) is 3.30. The van der Waals surface area contributed by atoms with E-state index in [4.69, 9.17) is 66.3 Å². The number of carbonyl (C=O) groups excluding carboxylic acids is 1. The zero-order valence-electron chi connectivity index (χ0n) is 31.0. The van der Waals surface area contributed by atoms with Crippen LogP contribution in [-0.4, -0.2) is 202 Å². The van der Waals surface area contributed by atoms with Crippen LogP contribution in [0, 0.1) is 0 Å². The summed E-state index contributed by atoms with van der Waals surface area (Å²) in [6.07, 6.45) is -0.365. The molecule has 0 unspecified atom stereocenters. The molecule has 0 aromatic carbocycles. The van der Waals surface area contributed by atoms with Crippen molar-refractivity contribution < 1.29 is 71.1 Å². The first-order chi connectivity index (χ1) is 23.9. The molecule has 0 N–H and O–H groups in total. The fraction of sp³-hybridized carbons (Fsp3) is 0.970. The molecule has 16 heteroatoms. The molecule has 0 aliphatic carbocycles. The van der Waals surface area contributed by atoms with Gasteiger partial charge in [0.1, 0.15) is 5.60 Å². The first kappa shape index (κ1) is 47.8. The second-order valence-corrected chi connectivity index (χ2v) is 11.2. The quantitative estimate of drug-likeness (QED) is 0.0849. The number of hydrogen-bond donors (Lipinski definition) is 0. The predicted molar refractivity (Wildman–Crippen MR) is 181 cm³/mol.